The molecule has 8 heteroatoms. The number of aliphatic hydroxyl groups is 2. The molecule has 1 aromatic rings. The van der Waals surface area contributed by atoms with Crippen molar-refractivity contribution in [1.29, 1.82) is 0 Å². The molecule has 0 saturated carbocycles. The highest BCUT2D eigenvalue weighted by Crippen LogP contribution is 2.26. The Kier molecular flexibility index (Phi) is 5.12. The van der Waals surface area contributed by atoms with Crippen LogP contribution in [0.5, 0.6) is 0 Å². The van der Waals surface area contributed by atoms with E-state index in [1.807, 2.05) is 0 Å². The second kappa shape index (κ2) is 6.40. The summed E-state index contributed by atoms with van der Waals surface area (Å²) < 4.78 is 31.2. The van der Waals surface area contributed by atoms with E-state index in [2.05, 4.69) is 4.74 Å². The zero-order valence-electron chi connectivity index (χ0n) is 10.3. The molecular weight excluding hydrogens is 278 g/mol. The highest BCUT2D eigenvalue weighted by molar-refractivity contribution is 5.88. The molecule has 20 heavy (non-hydrogen) atoms. The normalized spacial score (nSPS) is 13.7. The zero-order valence-corrected chi connectivity index (χ0v) is 10.3. The molecule has 0 radical (unpaired) electrons. The first-order chi connectivity index (χ1) is 9.29. The molecule has 0 aliphatic carbocycles. The van der Waals surface area contributed by atoms with E-state index in [0.717, 1.165) is 13.2 Å². The summed E-state index contributed by atoms with van der Waals surface area (Å²) >= 11 is 0. The number of esters is 1. The van der Waals surface area contributed by atoms with Gasteiger partial charge in [0, 0.05) is 5.56 Å². The van der Waals surface area contributed by atoms with E-state index in [0.29, 0.717) is 6.07 Å². The summed E-state index contributed by atoms with van der Waals surface area (Å²) in [5.41, 5.74) is -1.87. The van der Waals surface area contributed by atoms with Crippen LogP contribution in [-0.2, 0) is 9.53 Å². The number of hydrogen-bond acceptors (Lipinski definition) is 5. The van der Waals surface area contributed by atoms with E-state index in [4.69, 9.17) is 5.11 Å². The van der Waals surface area contributed by atoms with Gasteiger partial charge < -0.3 is 20.1 Å². The minimum atomic E-state index is -1.90. The van der Waals surface area contributed by atoms with Crippen molar-refractivity contribution in [3.8, 4) is 0 Å². The first-order valence-corrected chi connectivity index (χ1v) is 5.43. The molecule has 1 rings (SSSR count). The largest absolute Gasteiger partial charge is 0.477 e. The van der Waals surface area contributed by atoms with Crippen LogP contribution in [-0.4, -0.2) is 40.5 Å². The molecule has 3 N–H and O–H groups in total. The fourth-order valence-electron chi connectivity index (χ4n) is 1.57. The molecule has 0 bridgehead atoms. The van der Waals surface area contributed by atoms with Gasteiger partial charge in [-0.3, -0.25) is 4.79 Å². The molecule has 2 unspecified atom stereocenters. The number of carboxylic acids is 1. The minimum Gasteiger partial charge on any atom is -0.477 e. The average Bonchev–Trinajstić information content (AvgIpc) is 2.37. The predicted molar refractivity (Wildman–Crippen MR) is 60.9 cm³/mol. The third-order valence-electron chi connectivity index (χ3n) is 2.62. The number of halogens is 2. The van der Waals surface area contributed by atoms with Crippen LogP contribution in [0.3, 0.4) is 0 Å². The number of rotatable bonds is 5. The molecule has 0 fully saturated rings. The first-order valence-electron chi connectivity index (χ1n) is 5.43. The van der Waals surface area contributed by atoms with Crippen molar-refractivity contribution in [2.24, 2.45) is 0 Å². The predicted octanol–water partition coefficient (Wildman–Crippen LogP) is 0.620. The number of benzene rings is 1. The molecule has 110 valence electrons. The van der Waals surface area contributed by atoms with Gasteiger partial charge >= 0.3 is 11.9 Å². The van der Waals surface area contributed by atoms with E-state index in [-0.39, 0.29) is 0 Å². The van der Waals surface area contributed by atoms with E-state index in [1.54, 1.807) is 0 Å². The Labute approximate surface area is 112 Å². The summed E-state index contributed by atoms with van der Waals surface area (Å²) in [6.07, 6.45) is -4.24. The lowest BCUT2D eigenvalue weighted by atomic mass is 9.99. The van der Waals surface area contributed by atoms with Gasteiger partial charge in [0.15, 0.2) is 0 Å². The standard InChI is InChI=1S/C12H12F2O6/c1-20-8(16)4-7(15)11(17)5-2-3-6(13)9(10(5)14)12(18)19/h2-3,7,11,15,17H,4H2,1H3,(H,18,19). The van der Waals surface area contributed by atoms with Crippen LogP contribution in [0.15, 0.2) is 12.1 Å². The molecule has 0 aliphatic rings. The van der Waals surface area contributed by atoms with Gasteiger partial charge in [0.25, 0.3) is 0 Å². The molecule has 0 aromatic heterocycles. The van der Waals surface area contributed by atoms with Crippen LogP contribution in [0.25, 0.3) is 0 Å². The van der Waals surface area contributed by atoms with Crippen molar-refractivity contribution in [2.45, 2.75) is 18.6 Å². The number of carbonyl (C=O) groups excluding carboxylic acids is 1. The fourth-order valence-corrected chi connectivity index (χ4v) is 1.57. The summed E-state index contributed by atoms with van der Waals surface area (Å²) in [6.45, 7) is 0. The Bertz CT molecular complexity index is 531. The van der Waals surface area contributed by atoms with Crippen molar-refractivity contribution in [3.05, 3.63) is 34.9 Å². The second-order valence-corrected chi connectivity index (χ2v) is 3.92. The lowest BCUT2D eigenvalue weighted by Gasteiger charge is -2.18. The molecule has 0 amide bonds. The Morgan fingerprint density at radius 2 is 1.90 bits per heavy atom. The van der Waals surface area contributed by atoms with Gasteiger partial charge in [-0.15, -0.1) is 0 Å². The van der Waals surface area contributed by atoms with Crippen molar-refractivity contribution in [2.75, 3.05) is 7.11 Å². The van der Waals surface area contributed by atoms with Crippen LogP contribution >= 0.6 is 0 Å². The average molecular weight is 290 g/mol. The Hall–Kier alpha value is -2.06. The third kappa shape index (κ3) is 3.28. The van der Waals surface area contributed by atoms with Gasteiger partial charge in [0.2, 0.25) is 0 Å². The molecular formula is C12H12F2O6. The number of hydrogen-bond donors (Lipinski definition) is 3. The molecule has 6 nitrogen and oxygen atoms in total. The molecule has 2 atom stereocenters. The second-order valence-electron chi connectivity index (χ2n) is 3.92. The minimum absolute atomic E-state index is 0.625. The van der Waals surface area contributed by atoms with Crippen LogP contribution in [0.4, 0.5) is 8.78 Å². The van der Waals surface area contributed by atoms with Crippen molar-refractivity contribution in [1.82, 2.24) is 0 Å². The number of carbonyl (C=O) groups is 2. The van der Waals surface area contributed by atoms with Crippen molar-refractivity contribution < 1.29 is 38.4 Å². The number of aliphatic hydroxyl groups excluding tert-OH is 2. The maximum atomic E-state index is 13.8. The SMILES string of the molecule is COC(=O)CC(O)C(O)c1ccc(F)c(C(=O)O)c1F. The van der Waals surface area contributed by atoms with Crippen LogP contribution in [0.1, 0.15) is 28.4 Å². The molecule has 1 aromatic carbocycles. The van der Waals surface area contributed by atoms with E-state index in [9.17, 15) is 28.6 Å². The number of methoxy groups -OCH3 is 1. The van der Waals surface area contributed by atoms with E-state index >= 15 is 0 Å². The van der Waals surface area contributed by atoms with Gasteiger partial charge in [0.05, 0.1) is 19.6 Å². The van der Waals surface area contributed by atoms with Crippen LogP contribution < -0.4 is 0 Å². The lowest BCUT2D eigenvalue weighted by molar-refractivity contribution is -0.144. The molecule has 0 spiro atoms. The lowest BCUT2D eigenvalue weighted by Crippen LogP contribution is -2.24. The third-order valence-corrected chi connectivity index (χ3v) is 2.62. The van der Waals surface area contributed by atoms with Crippen LogP contribution in [0, 0.1) is 11.6 Å². The van der Waals surface area contributed by atoms with Gasteiger partial charge in [-0.2, -0.15) is 0 Å². The van der Waals surface area contributed by atoms with Gasteiger partial charge in [-0.25, -0.2) is 13.6 Å². The molecule has 0 heterocycles. The maximum Gasteiger partial charge on any atom is 0.341 e. The Morgan fingerprint density at radius 3 is 2.40 bits per heavy atom. The Balaban J connectivity index is 3.11. The number of carboxylic acid groups (broad SMARTS) is 1. The summed E-state index contributed by atoms with van der Waals surface area (Å²) in [5.74, 6) is -5.52. The van der Waals surface area contributed by atoms with Crippen LogP contribution in [0.2, 0.25) is 0 Å². The van der Waals surface area contributed by atoms with E-state index < -0.39 is 53.3 Å². The Morgan fingerprint density at radius 1 is 1.30 bits per heavy atom. The number of aromatic carboxylic acids is 1. The summed E-state index contributed by atoms with van der Waals surface area (Å²) in [4.78, 5) is 21.6. The topological polar surface area (TPSA) is 104 Å². The van der Waals surface area contributed by atoms with Crippen molar-refractivity contribution >= 4 is 11.9 Å². The van der Waals surface area contributed by atoms with Gasteiger partial charge in [-0.05, 0) is 6.07 Å². The monoisotopic (exact) mass is 290 g/mol. The highest BCUT2D eigenvalue weighted by Gasteiger charge is 2.28. The summed E-state index contributed by atoms with van der Waals surface area (Å²) in [7, 11) is 1.06. The number of ether oxygens (including phenoxy) is 1. The van der Waals surface area contributed by atoms with Gasteiger partial charge in [0.1, 0.15) is 23.3 Å². The summed E-state index contributed by atoms with van der Waals surface area (Å²) in [6, 6.07) is 1.44. The van der Waals surface area contributed by atoms with E-state index in [1.165, 1.54) is 0 Å². The maximum absolute atomic E-state index is 13.8. The highest BCUT2D eigenvalue weighted by atomic mass is 19.1. The van der Waals surface area contributed by atoms with Crippen molar-refractivity contribution in [3.63, 3.8) is 0 Å². The molecule has 0 aliphatic heterocycles. The summed E-state index contributed by atoms with van der Waals surface area (Å²) in [5, 5.41) is 27.9. The quantitative estimate of drug-likeness (QED) is 0.687. The fraction of sp³-hybridized carbons (Fsp3) is 0.333. The first kappa shape index (κ1) is 16.0. The zero-order chi connectivity index (χ0) is 15.4. The molecule has 0 saturated heterocycles. The van der Waals surface area contributed by atoms with Gasteiger partial charge in [-0.1, -0.05) is 6.07 Å². The smallest absolute Gasteiger partial charge is 0.341 e.